The summed E-state index contributed by atoms with van der Waals surface area (Å²) in [6, 6.07) is 30.2. The second-order valence-corrected chi connectivity index (χ2v) is 13.6. The molecular formula is C34H32ClNO5S. The van der Waals surface area contributed by atoms with Gasteiger partial charge in [-0.25, -0.2) is 13.2 Å². The van der Waals surface area contributed by atoms with Crippen LogP contribution in [-0.2, 0) is 27.8 Å². The van der Waals surface area contributed by atoms with Gasteiger partial charge in [0.05, 0.1) is 16.5 Å². The van der Waals surface area contributed by atoms with Crippen molar-refractivity contribution < 1.29 is 22.7 Å². The Labute approximate surface area is 251 Å². The molecule has 1 spiro atoms. The average molecular weight is 602 g/mol. The maximum absolute atomic E-state index is 12.7. The third kappa shape index (κ3) is 6.48. The van der Waals surface area contributed by atoms with Gasteiger partial charge in [0, 0.05) is 25.9 Å². The number of rotatable bonds is 6. The van der Waals surface area contributed by atoms with Crippen LogP contribution in [0, 0.1) is 0 Å². The first-order valence-electron chi connectivity index (χ1n) is 14.1. The minimum absolute atomic E-state index is 0.0113. The van der Waals surface area contributed by atoms with Crippen LogP contribution in [0.5, 0.6) is 11.5 Å². The number of hydrogen-bond acceptors (Lipinski definition) is 5. The molecule has 216 valence electrons. The molecule has 6 rings (SSSR count). The summed E-state index contributed by atoms with van der Waals surface area (Å²) in [5.41, 5.74) is 4.56. The van der Waals surface area contributed by atoms with Gasteiger partial charge in [-0.05, 0) is 64.9 Å². The lowest BCUT2D eigenvalue weighted by Gasteiger charge is -2.44. The molecule has 0 aromatic heterocycles. The molecule has 0 radical (unpaired) electrons. The van der Waals surface area contributed by atoms with E-state index in [-0.39, 0.29) is 17.1 Å². The predicted molar refractivity (Wildman–Crippen MR) is 165 cm³/mol. The fourth-order valence-electron chi connectivity index (χ4n) is 5.76. The first kappa shape index (κ1) is 28.3. The zero-order valence-corrected chi connectivity index (χ0v) is 24.7. The average Bonchev–Trinajstić information content (AvgIpc) is 2.99. The molecule has 42 heavy (non-hydrogen) atoms. The summed E-state index contributed by atoms with van der Waals surface area (Å²) in [6.45, 7) is 1.12. The minimum Gasteiger partial charge on any atom is -0.487 e. The van der Waals surface area contributed by atoms with Crippen molar-refractivity contribution in [2.45, 2.75) is 42.8 Å². The smallest absolute Gasteiger partial charge is 0.415 e. The van der Waals surface area contributed by atoms with Gasteiger partial charge in [-0.1, -0.05) is 84.4 Å². The third-order valence-electron chi connectivity index (χ3n) is 8.11. The van der Waals surface area contributed by atoms with E-state index in [1.54, 1.807) is 29.2 Å². The molecule has 2 heterocycles. The van der Waals surface area contributed by atoms with Crippen LogP contribution in [0.1, 0.15) is 36.0 Å². The second-order valence-electron chi connectivity index (χ2n) is 11.1. The van der Waals surface area contributed by atoms with Crippen molar-refractivity contribution >= 4 is 27.5 Å². The number of ether oxygens (including phenoxy) is 2. The second kappa shape index (κ2) is 11.8. The summed E-state index contributed by atoms with van der Waals surface area (Å²) in [6.07, 6.45) is 2.86. The first-order valence-corrected chi connectivity index (χ1v) is 16.3. The van der Waals surface area contributed by atoms with Gasteiger partial charge in [-0.2, -0.15) is 0 Å². The standard InChI is InChI=1S/C34H32ClNO5S/c35-30-8-4-5-9-32(30)40-33(37)36-20-18-34(19-21-36)17-16-29-22-28(14-15-31(29)41-34)27-12-10-26(11-13-27)24-42(38,39)23-25-6-2-1-3-7-25/h1-15,22H,16-21,23-24H2. The number of piperidine rings is 1. The number of nitrogens with zero attached hydrogens (tertiary/aromatic N) is 1. The zero-order chi connectivity index (χ0) is 29.2. The van der Waals surface area contributed by atoms with Crippen molar-refractivity contribution in [2.75, 3.05) is 13.1 Å². The number of benzene rings is 4. The number of carbonyl (C=O) groups is 1. The highest BCUT2D eigenvalue weighted by Gasteiger charge is 2.41. The summed E-state index contributed by atoms with van der Waals surface area (Å²) in [5.74, 6) is 1.30. The maximum atomic E-state index is 12.7. The van der Waals surface area contributed by atoms with E-state index in [0.29, 0.717) is 23.9 Å². The van der Waals surface area contributed by atoms with E-state index in [0.717, 1.165) is 59.3 Å². The van der Waals surface area contributed by atoms with Crippen molar-refractivity contribution in [3.8, 4) is 22.6 Å². The molecule has 4 aromatic rings. The van der Waals surface area contributed by atoms with E-state index in [4.69, 9.17) is 21.1 Å². The van der Waals surface area contributed by atoms with Crippen molar-refractivity contribution in [2.24, 2.45) is 0 Å². The number of sulfone groups is 1. The molecule has 2 aliphatic heterocycles. The van der Waals surface area contributed by atoms with Crippen LogP contribution in [0.3, 0.4) is 0 Å². The molecule has 8 heteroatoms. The van der Waals surface area contributed by atoms with Crippen molar-refractivity contribution in [1.82, 2.24) is 4.90 Å². The van der Waals surface area contributed by atoms with E-state index in [2.05, 4.69) is 12.1 Å². The molecule has 1 fully saturated rings. The monoisotopic (exact) mass is 601 g/mol. The van der Waals surface area contributed by atoms with E-state index in [1.165, 1.54) is 0 Å². The Morgan fingerprint density at radius 3 is 2.17 bits per heavy atom. The minimum atomic E-state index is -3.27. The molecule has 0 bridgehead atoms. The van der Waals surface area contributed by atoms with Gasteiger partial charge in [0.2, 0.25) is 0 Å². The lowest BCUT2D eigenvalue weighted by Crippen LogP contribution is -2.51. The van der Waals surface area contributed by atoms with Crippen LogP contribution in [0.2, 0.25) is 5.02 Å². The molecule has 0 saturated carbocycles. The van der Waals surface area contributed by atoms with Gasteiger partial charge in [-0.15, -0.1) is 0 Å². The Morgan fingerprint density at radius 1 is 0.810 bits per heavy atom. The molecule has 0 aliphatic carbocycles. The molecule has 1 amide bonds. The molecule has 0 unspecified atom stereocenters. The summed E-state index contributed by atoms with van der Waals surface area (Å²) in [7, 11) is -3.27. The van der Waals surface area contributed by atoms with E-state index in [9.17, 15) is 13.2 Å². The van der Waals surface area contributed by atoms with Crippen molar-refractivity contribution in [3.05, 3.63) is 119 Å². The van der Waals surface area contributed by atoms with Crippen LogP contribution >= 0.6 is 11.6 Å². The van der Waals surface area contributed by atoms with Crippen LogP contribution in [-0.4, -0.2) is 38.1 Å². The molecule has 4 aromatic carbocycles. The Hall–Kier alpha value is -3.81. The predicted octanol–water partition coefficient (Wildman–Crippen LogP) is 7.48. The number of carbonyl (C=O) groups excluding carboxylic acids is 1. The van der Waals surface area contributed by atoms with Crippen LogP contribution < -0.4 is 9.47 Å². The highest BCUT2D eigenvalue weighted by Crippen LogP contribution is 2.41. The molecule has 1 saturated heterocycles. The number of halogens is 1. The normalized spacial score (nSPS) is 16.0. The lowest BCUT2D eigenvalue weighted by atomic mass is 9.82. The van der Waals surface area contributed by atoms with E-state index >= 15 is 0 Å². The number of fused-ring (bicyclic) bond motifs is 1. The number of para-hydroxylation sites is 1. The number of hydrogen-bond donors (Lipinski definition) is 0. The number of aryl methyl sites for hydroxylation is 1. The fraction of sp³-hybridized carbons (Fsp3) is 0.265. The van der Waals surface area contributed by atoms with E-state index in [1.807, 2.05) is 60.7 Å². The summed E-state index contributed by atoms with van der Waals surface area (Å²) in [4.78, 5) is 14.4. The Morgan fingerprint density at radius 2 is 1.45 bits per heavy atom. The zero-order valence-electron chi connectivity index (χ0n) is 23.2. The maximum Gasteiger partial charge on any atom is 0.415 e. The Bertz CT molecular complexity index is 1680. The molecular weight excluding hydrogens is 570 g/mol. The van der Waals surface area contributed by atoms with Crippen molar-refractivity contribution in [1.29, 1.82) is 0 Å². The third-order valence-corrected chi connectivity index (χ3v) is 9.97. The summed E-state index contributed by atoms with van der Waals surface area (Å²) < 4.78 is 37.5. The van der Waals surface area contributed by atoms with Gasteiger partial charge in [-0.3, -0.25) is 0 Å². The SMILES string of the molecule is O=C(Oc1ccccc1Cl)N1CCC2(CCc3cc(-c4ccc(CS(=O)(=O)Cc5ccccc5)cc4)ccc3O2)CC1. The van der Waals surface area contributed by atoms with Crippen LogP contribution in [0.25, 0.3) is 11.1 Å². The van der Waals surface area contributed by atoms with Gasteiger partial charge in [0.15, 0.2) is 15.6 Å². The van der Waals surface area contributed by atoms with Gasteiger partial charge >= 0.3 is 6.09 Å². The molecule has 0 atom stereocenters. The highest BCUT2D eigenvalue weighted by molar-refractivity contribution is 7.89. The van der Waals surface area contributed by atoms with Crippen LogP contribution in [0.4, 0.5) is 4.79 Å². The lowest BCUT2D eigenvalue weighted by molar-refractivity contribution is -0.00948. The molecule has 2 aliphatic rings. The fourth-order valence-corrected chi connectivity index (χ4v) is 7.44. The van der Waals surface area contributed by atoms with Gasteiger partial charge in [0.25, 0.3) is 0 Å². The first-order chi connectivity index (χ1) is 20.3. The molecule has 0 N–H and O–H groups in total. The topological polar surface area (TPSA) is 72.9 Å². The summed E-state index contributed by atoms with van der Waals surface area (Å²) >= 11 is 6.14. The summed E-state index contributed by atoms with van der Waals surface area (Å²) in [5, 5.41) is 0.411. The Balaban J connectivity index is 1.06. The highest BCUT2D eigenvalue weighted by atomic mass is 35.5. The van der Waals surface area contributed by atoms with Gasteiger partial charge < -0.3 is 14.4 Å². The van der Waals surface area contributed by atoms with Crippen molar-refractivity contribution in [3.63, 3.8) is 0 Å². The molecule has 6 nitrogen and oxygen atoms in total. The van der Waals surface area contributed by atoms with Gasteiger partial charge in [0.1, 0.15) is 11.4 Å². The number of likely N-dealkylation sites (tertiary alicyclic amines) is 1. The largest absolute Gasteiger partial charge is 0.487 e. The number of amides is 1. The Kier molecular flexibility index (Phi) is 7.97. The van der Waals surface area contributed by atoms with E-state index < -0.39 is 15.9 Å². The quantitative estimate of drug-likeness (QED) is 0.229. The van der Waals surface area contributed by atoms with Crippen LogP contribution in [0.15, 0.2) is 97.1 Å².